The van der Waals surface area contributed by atoms with Gasteiger partial charge in [-0.05, 0) is 42.9 Å². The Hall–Kier alpha value is -4.50. The molecule has 272 valence electrons. The molecule has 0 unspecified atom stereocenters. The molecule has 0 aromatic heterocycles. The van der Waals surface area contributed by atoms with Crippen LogP contribution < -0.4 is 26.7 Å². The van der Waals surface area contributed by atoms with Crippen molar-refractivity contribution in [1.82, 2.24) is 31.6 Å². The standard InChI is InChI=1S/C35H48N6O9/c1-6-8-24(27(42)31(45)37-22-11-12-22)38-30(44)26-17-35(16-25(40-50-35)20-9-7-10-21(15-20)29(43)36-5)19-41(26)32(46)28(34(2,3)4)39-33(47)49-23-13-14-48-18-23/h7,9-10,15-16,22-24,26,28,40H,6,8,11-14,17-19H2,1-5H3,(H,36,43)(H,37,45)(H,38,44)(H,39,47)/t23-,24-,26-,28+,35+/m0/s1. The van der Waals surface area contributed by atoms with Crippen molar-refractivity contribution in [3.63, 3.8) is 0 Å². The molecule has 5 rings (SSSR count). The molecule has 1 aliphatic carbocycles. The van der Waals surface area contributed by atoms with Gasteiger partial charge in [0.05, 0.1) is 31.5 Å². The van der Waals surface area contributed by atoms with E-state index in [1.807, 2.05) is 6.92 Å². The molecule has 4 aliphatic rings. The van der Waals surface area contributed by atoms with Crippen LogP contribution in [-0.2, 0) is 33.5 Å². The molecular weight excluding hydrogens is 648 g/mol. The lowest BCUT2D eigenvalue weighted by Crippen LogP contribution is -2.59. The summed E-state index contributed by atoms with van der Waals surface area (Å²) in [6.45, 7) is 7.85. The van der Waals surface area contributed by atoms with Gasteiger partial charge < -0.3 is 35.6 Å². The van der Waals surface area contributed by atoms with E-state index in [0.717, 1.165) is 12.8 Å². The number of ketones is 1. The molecule has 3 heterocycles. The molecule has 3 aliphatic heterocycles. The maximum Gasteiger partial charge on any atom is 0.408 e. The Morgan fingerprint density at radius 2 is 1.86 bits per heavy atom. The number of Topliss-reactive ketones (excluding diaryl/α,β-unsaturated/α-hetero) is 1. The SMILES string of the molecule is CCC[C@H](NC(=O)[C@@H]1C[C@]2(C=C(c3cccc(C(=O)NC)c3)NO2)CN1C(=O)[C@@H](NC(=O)O[C@H]1CCOC1)C(C)(C)C)C(=O)C(=O)NC1CC1. The Kier molecular flexibility index (Phi) is 11.2. The van der Waals surface area contributed by atoms with Crippen LogP contribution in [0.1, 0.15) is 82.1 Å². The van der Waals surface area contributed by atoms with Crippen molar-refractivity contribution in [2.24, 2.45) is 5.41 Å². The molecule has 5 atom stereocenters. The molecule has 1 aromatic carbocycles. The van der Waals surface area contributed by atoms with Crippen LogP contribution in [0.5, 0.6) is 0 Å². The summed E-state index contributed by atoms with van der Waals surface area (Å²) in [5.74, 6) is -2.95. The minimum Gasteiger partial charge on any atom is -0.444 e. The summed E-state index contributed by atoms with van der Waals surface area (Å²) >= 11 is 0. The van der Waals surface area contributed by atoms with Crippen molar-refractivity contribution in [2.45, 2.75) is 102 Å². The lowest BCUT2D eigenvalue weighted by molar-refractivity contribution is -0.144. The Labute approximate surface area is 291 Å². The van der Waals surface area contributed by atoms with E-state index in [0.29, 0.717) is 36.3 Å². The van der Waals surface area contributed by atoms with Crippen molar-refractivity contribution in [1.29, 1.82) is 0 Å². The van der Waals surface area contributed by atoms with Crippen LogP contribution in [0.25, 0.3) is 5.70 Å². The van der Waals surface area contributed by atoms with Gasteiger partial charge in [0.15, 0.2) is 0 Å². The highest BCUT2D eigenvalue weighted by Crippen LogP contribution is 2.39. The lowest BCUT2D eigenvalue weighted by atomic mass is 9.85. The van der Waals surface area contributed by atoms with Gasteiger partial charge in [-0.2, -0.15) is 0 Å². The molecule has 15 heteroatoms. The van der Waals surface area contributed by atoms with Gasteiger partial charge in [0.2, 0.25) is 17.6 Å². The lowest BCUT2D eigenvalue weighted by Gasteiger charge is -2.35. The molecule has 0 bridgehead atoms. The van der Waals surface area contributed by atoms with Gasteiger partial charge in [-0.1, -0.05) is 46.2 Å². The Balaban J connectivity index is 1.43. The Morgan fingerprint density at radius 3 is 2.50 bits per heavy atom. The molecule has 5 amide bonds. The third-order valence-electron chi connectivity index (χ3n) is 9.26. The summed E-state index contributed by atoms with van der Waals surface area (Å²) in [5.41, 5.74) is 2.53. The van der Waals surface area contributed by atoms with E-state index in [1.54, 1.807) is 51.1 Å². The van der Waals surface area contributed by atoms with Crippen molar-refractivity contribution < 1.29 is 43.1 Å². The number of ether oxygens (including phenoxy) is 2. The van der Waals surface area contributed by atoms with Crippen molar-refractivity contribution in [3.8, 4) is 0 Å². The quantitative estimate of drug-likeness (QED) is 0.199. The second-order valence-electron chi connectivity index (χ2n) is 14.5. The minimum atomic E-state index is -1.19. The average Bonchev–Trinajstić information content (AvgIpc) is 3.43. The summed E-state index contributed by atoms with van der Waals surface area (Å²) in [6, 6.07) is 3.51. The number of hydrogen-bond acceptors (Lipinski definition) is 10. The fourth-order valence-electron chi connectivity index (χ4n) is 6.33. The van der Waals surface area contributed by atoms with Crippen LogP contribution in [0.4, 0.5) is 4.79 Å². The topological polar surface area (TPSA) is 193 Å². The molecule has 15 nitrogen and oxygen atoms in total. The van der Waals surface area contributed by atoms with Gasteiger partial charge >= 0.3 is 6.09 Å². The number of amides is 5. The largest absolute Gasteiger partial charge is 0.444 e. The average molecular weight is 697 g/mol. The van der Waals surface area contributed by atoms with Crippen molar-refractivity contribution in [2.75, 3.05) is 26.8 Å². The molecule has 1 saturated carbocycles. The van der Waals surface area contributed by atoms with Crippen LogP contribution in [0, 0.1) is 5.41 Å². The first-order chi connectivity index (χ1) is 23.7. The van der Waals surface area contributed by atoms with Crippen LogP contribution >= 0.6 is 0 Å². The van der Waals surface area contributed by atoms with Crippen LogP contribution in [-0.4, -0.2) is 103 Å². The highest BCUT2D eigenvalue weighted by molar-refractivity contribution is 6.38. The highest BCUT2D eigenvalue weighted by atomic mass is 16.7. The molecule has 1 spiro atoms. The molecule has 3 fully saturated rings. The number of rotatable bonds is 12. The van der Waals surface area contributed by atoms with E-state index < -0.39 is 64.8 Å². The third-order valence-corrected chi connectivity index (χ3v) is 9.26. The predicted molar refractivity (Wildman–Crippen MR) is 180 cm³/mol. The number of likely N-dealkylation sites (tertiary alicyclic amines) is 1. The Morgan fingerprint density at radius 1 is 1.10 bits per heavy atom. The number of hydroxylamine groups is 1. The fourth-order valence-corrected chi connectivity index (χ4v) is 6.33. The minimum absolute atomic E-state index is 0.00175. The Bertz CT molecular complexity index is 1530. The maximum absolute atomic E-state index is 14.5. The number of nitrogens with one attached hydrogen (secondary N) is 5. The fraction of sp³-hybridized carbons (Fsp3) is 0.600. The number of alkyl carbamates (subject to hydrolysis) is 1. The van der Waals surface area contributed by atoms with Crippen LogP contribution in [0.3, 0.4) is 0 Å². The van der Waals surface area contributed by atoms with E-state index >= 15 is 0 Å². The van der Waals surface area contributed by atoms with Gasteiger partial charge in [0.1, 0.15) is 23.8 Å². The first kappa shape index (κ1) is 36.8. The van der Waals surface area contributed by atoms with Gasteiger partial charge in [-0.3, -0.25) is 34.3 Å². The van der Waals surface area contributed by atoms with E-state index in [4.69, 9.17) is 14.3 Å². The first-order valence-corrected chi connectivity index (χ1v) is 17.2. The third kappa shape index (κ3) is 8.62. The molecular formula is C35H48N6O9. The molecule has 5 N–H and O–H groups in total. The number of hydrogen-bond donors (Lipinski definition) is 5. The number of carbonyl (C=O) groups is 6. The normalized spacial score (nSPS) is 24.1. The van der Waals surface area contributed by atoms with Crippen LogP contribution in [0.2, 0.25) is 0 Å². The second-order valence-corrected chi connectivity index (χ2v) is 14.5. The number of benzene rings is 1. The van der Waals surface area contributed by atoms with Gasteiger partial charge in [0, 0.05) is 37.1 Å². The van der Waals surface area contributed by atoms with E-state index in [-0.39, 0.29) is 37.9 Å². The molecule has 50 heavy (non-hydrogen) atoms. The van der Waals surface area contributed by atoms with Crippen molar-refractivity contribution >= 4 is 41.2 Å². The number of carbonyl (C=O) groups excluding carboxylic acids is 6. The zero-order valence-corrected chi connectivity index (χ0v) is 29.3. The summed E-state index contributed by atoms with van der Waals surface area (Å²) in [7, 11) is 1.54. The van der Waals surface area contributed by atoms with E-state index in [2.05, 4.69) is 26.7 Å². The summed E-state index contributed by atoms with van der Waals surface area (Å²) in [6.07, 6.45) is 3.44. The molecule has 1 aromatic rings. The highest BCUT2D eigenvalue weighted by Gasteiger charge is 2.54. The van der Waals surface area contributed by atoms with Crippen LogP contribution in [0.15, 0.2) is 30.3 Å². The second kappa shape index (κ2) is 15.2. The van der Waals surface area contributed by atoms with Crippen molar-refractivity contribution in [3.05, 3.63) is 41.5 Å². The first-order valence-electron chi connectivity index (χ1n) is 17.2. The monoisotopic (exact) mass is 696 g/mol. The zero-order chi connectivity index (χ0) is 36.2. The smallest absolute Gasteiger partial charge is 0.408 e. The maximum atomic E-state index is 14.5. The predicted octanol–water partition coefficient (Wildman–Crippen LogP) is 1.32. The van der Waals surface area contributed by atoms with E-state index in [1.165, 1.54) is 11.9 Å². The summed E-state index contributed by atoms with van der Waals surface area (Å²) < 4.78 is 10.8. The molecule has 2 saturated heterocycles. The zero-order valence-electron chi connectivity index (χ0n) is 29.3. The van der Waals surface area contributed by atoms with E-state index in [9.17, 15) is 28.8 Å². The summed E-state index contributed by atoms with van der Waals surface area (Å²) in [4.78, 5) is 87.2. The molecule has 0 radical (unpaired) electrons. The van der Waals surface area contributed by atoms with Gasteiger partial charge in [-0.25, -0.2) is 4.79 Å². The number of nitrogens with zero attached hydrogens (tertiary/aromatic N) is 1. The van der Waals surface area contributed by atoms with Gasteiger partial charge in [-0.15, -0.1) is 0 Å². The summed E-state index contributed by atoms with van der Waals surface area (Å²) in [5, 5.41) is 10.8. The van der Waals surface area contributed by atoms with Gasteiger partial charge in [0.25, 0.3) is 11.8 Å².